The maximum atomic E-state index is 10.7. The van der Waals surface area contributed by atoms with Crippen molar-refractivity contribution >= 4 is 9.84 Å². The molecular weight excluding hydrogens is 192 g/mol. The van der Waals surface area contributed by atoms with Gasteiger partial charge in [-0.25, -0.2) is 8.42 Å². The van der Waals surface area contributed by atoms with Gasteiger partial charge in [-0.3, -0.25) is 0 Å². The van der Waals surface area contributed by atoms with Gasteiger partial charge < -0.3 is 9.84 Å². The third-order valence-corrected chi connectivity index (χ3v) is 2.43. The van der Waals surface area contributed by atoms with E-state index in [1.807, 2.05) is 13.8 Å². The van der Waals surface area contributed by atoms with Crippen LogP contribution in [0.4, 0.5) is 0 Å². The van der Waals surface area contributed by atoms with Gasteiger partial charge in [-0.05, 0) is 0 Å². The first kappa shape index (κ1) is 12.9. The average molecular weight is 210 g/mol. The molecule has 4 nitrogen and oxygen atoms in total. The monoisotopic (exact) mass is 210 g/mol. The van der Waals surface area contributed by atoms with E-state index in [-0.39, 0.29) is 24.4 Å². The van der Waals surface area contributed by atoms with Crippen molar-refractivity contribution in [2.75, 3.05) is 31.8 Å². The second-order valence-electron chi connectivity index (χ2n) is 4.00. The third kappa shape index (κ3) is 8.21. The van der Waals surface area contributed by atoms with Gasteiger partial charge in [0.25, 0.3) is 0 Å². The predicted octanol–water partition coefficient (Wildman–Crippen LogP) is 0.0661. The van der Waals surface area contributed by atoms with E-state index < -0.39 is 9.84 Å². The average Bonchev–Trinajstić information content (AvgIpc) is 1.97. The Bertz CT molecular complexity index is 231. The molecule has 0 aromatic rings. The van der Waals surface area contributed by atoms with Crippen molar-refractivity contribution in [3.05, 3.63) is 0 Å². The van der Waals surface area contributed by atoms with Gasteiger partial charge in [-0.2, -0.15) is 0 Å². The minimum atomic E-state index is -2.94. The smallest absolute Gasteiger partial charge is 0.149 e. The van der Waals surface area contributed by atoms with Gasteiger partial charge in [0.05, 0.1) is 25.6 Å². The number of hydrogen-bond donors (Lipinski definition) is 1. The van der Waals surface area contributed by atoms with Gasteiger partial charge in [0.2, 0.25) is 0 Å². The molecule has 0 aromatic heterocycles. The van der Waals surface area contributed by atoms with Gasteiger partial charge >= 0.3 is 0 Å². The molecule has 0 fully saturated rings. The van der Waals surface area contributed by atoms with Crippen LogP contribution in [-0.4, -0.2) is 45.4 Å². The summed E-state index contributed by atoms with van der Waals surface area (Å²) in [4.78, 5) is 0. The molecule has 0 amide bonds. The van der Waals surface area contributed by atoms with Crippen molar-refractivity contribution in [3.63, 3.8) is 0 Å². The highest BCUT2D eigenvalue weighted by Gasteiger charge is 2.16. The quantitative estimate of drug-likeness (QED) is 0.630. The summed E-state index contributed by atoms with van der Waals surface area (Å²) < 4.78 is 26.5. The summed E-state index contributed by atoms with van der Waals surface area (Å²) in [7, 11) is -2.94. The van der Waals surface area contributed by atoms with Crippen LogP contribution in [0.25, 0.3) is 0 Å². The molecule has 0 rings (SSSR count). The van der Waals surface area contributed by atoms with Crippen LogP contribution in [0.2, 0.25) is 0 Å². The Balaban J connectivity index is 3.58. The molecular formula is C8H18O4S. The highest BCUT2D eigenvalue weighted by Crippen LogP contribution is 2.13. The Kier molecular flexibility index (Phi) is 4.88. The second-order valence-corrected chi connectivity index (χ2v) is 6.26. The summed E-state index contributed by atoms with van der Waals surface area (Å²) in [6, 6.07) is 0. The fraction of sp³-hybridized carbons (Fsp3) is 1.00. The van der Waals surface area contributed by atoms with E-state index in [1.165, 1.54) is 6.26 Å². The molecule has 0 radical (unpaired) electrons. The minimum absolute atomic E-state index is 0.0336. The Morgan fingerprint density at radius 2 is 1.92 bits per heavy atom. The third-order valence-electron chi connectivity index (χ3n) is 1.52. The Hall–Kier alpha value is -0.130. The van der Waals surface area contributed by atoms with Crippen molar-refractivity contribution in [2.45, 2.75) is 13.8 Å². The van der Waals surface area contributed by atoms with Crippen LogP contribution in [0.5, 0.6) is 0 Å². The number of hydrogen-bond acceptors (Lipinski definition) is 4. The molecule has 0 aromatic carbocycles. The first-order valence-electron chi connectivity index (χ1n) is 4.13. The molecule has 0 atom stereocenters. The number of aliphatic hydroxyl groups is 1. The van der Waals surface area contributed by atoms with E-state index in [1.54, 1.807) is 0 Å². The summed E-state index contributed by atoms with van der Waals surface area (Å²) in [5, 5.41) is 8.85. The van der Waals surface area contributed by atoms with Gasteiger partial charge in [-0.15, -0.1) is 0 Å². The summed E-state index contributed by atoms with van der Waals surface area (Å²) >= 11 is 0. The van der Waals surface area contributed by atoms with Crippen LogP contribution in [0, 0.1) is 5.41 Å². The van der Waals surface area contributed by atoms with Crippen LogP contribution in [0.3, 0.4) is 0 Å². The van der Waals surface area contributed by atoms with Crippen molar-refractivity contribution < 1.29 is 18.3 Å². The molecule has 5 heteroatoms. The Morgan fingerprint density at radius 1 is 1.38 bits per heavy atom. The SMILES string of the molecule is CC(C)(CO)COCCS(C)(=O)=O. The fourth-order valence-corrected chi connectivity index (χ4v) is 1.03. The summed E-state index contributed by atoms with van der Waals surface area (Å²) in [5.74, 6) is 0.0362. The van der Waals surface area contributed by atoms with Crippen molar-refractivity contribution in [1.29, 1.82) is 0 Å². The van der Waals surface area contributed by atoms with Gasteiger partial charge in [0.1, 0.15) is 9.84 Å². The first-order valence-corrected chi connectivity index (χ1v) is 6.19. The Labute approximate surface area is 79.8 Å². The normalized spacial score (nSPS) is 13.2. The molecule has 0 aliphatic heterocycles. The second kappa shape index (κ2) is 4.93. The topological polar surface area (TPSA) is 63.6 Å². The van der Waals surface area contributed by atoms with Crippen LogP contribution in [0.15, 0.2) is 0 Å². The fourth-order valence-electron chi connectivity index (χ4n) is 0.604. The highest BCUT2D eigenvalue weighted by molar-refractivity contribution is 7.90. The molecule has 80 valence electrons. The maximum Gasteiger partial charge on any atom is 0.149 e. The molecule has 0 heterocycles. The summed E-state index contributed by atoms with van der Waals surface area (Å²) in [6.07, 6.45) is 1.17. The van der Waals surface area contributed by atoms with Crippen molar-refractivity contribution in [3.8, 4) is 0 Å². The van der Waals surface area contributed by atoms with E-state index in [4.69, 9.17) is 9.84 Å². The van der Waals surface area contributed by atoms with E-state index >= 15 is 0 Å². The molecule has 1 N–H and O–H groups in total. The number of sulfone groups is 1. The molecule has 0 bridgehead atoms. The molecule has 13 heavy (non-hydrogen) atoms. The zero-order valence-corrected chi connectivity index (χ0v) is 9.23. The first-order chi connectivity index (χ1) is 5.77. The molecule has 0 unspecified atom stereocenters. The van der Waals surface area contributed by atoms with Crippen LogP contribution >= 0.6 is 0 Å². The highest BCUT2D eigenvalue weighted by atomic mass is 32.2. The molecule has 0 saturated heterocycles. The number of ether oxygens (including phenoxy) is 1. The van der Waals surface area contributed by atoms with Gasteiger partial charge in [-0.1, -0.05) is 13.8 Å². The van der Waals surface area contributed by atoms with Crippen molar-refractivity contribution in [2.24, 2.45) is 5.41 Å². The standard InChI is InChI=1S/C8H18O4S/c1-8(2,6-9)7-12-4-5-13(3,10)11/h9H,4-7H2,1-3H3. The van der Waals surface area contributed by atoms with E-state index in [2.05, 4.69) is 0 Å². The molecule has 0 aliphatic rings. The molecule has 0 spiro atoms. The summed E-state index contributed by atoms with van der Waals surface area (Å²) in [6.45, 7) is 4.31. The van der Waals surface area contributed by atoms with E-state index in [0.717, 1.165) is 0 Å². The molecule has 0 aliphatic carbocycles. The van der Waals surface area contributed by atoms with E-state index in [9.17, 15) is 8.42 Å². The van der Waals surface area contributed by atoms with Gasteiger partial charge in [0.15, 0.2) is 0 Å². The number of aliphatic hydroxyl groups excluding tert-OH is 1. The zero-order valence-electron chi connectivity index (χ0n) is 8.41. The lowest BCUT2D eigenvalue weighted by atomic mass is 9.97. The molecule has 0 saturated carbocycles. The minimum Gasteiger partial charge on any atom is -0.396 e. The van der Waals surface area contributed by atoms with Crippen LogP contribution in [-0.2, 0) is 14.6 Å². The maximum absolute atomic E-state index is 10.7. The van der Waals surface area contributed by atoms with Gasteiger partial charge in [0, 0.05) is 11.7 Å². The van der Waals surface area contributed by atoms with Crippen molar-refractivity contribution in [1.82, 2.24) is 0 Å². The van der Waals surface area contributed by atoms with Crippen LogP contribution in [0.1, 0.15) is 13.8 Å². The van der Waals surface area contributed by atoms with Crippen LogP contribution < -0.4 is 0 Å². The summed E-state index contributed by atoms with van der Waals surface area (Å²) in [5.41, 5.74) is -0.294. The Morgan fingerprint density at radius 3 is 2.31 bits per heavy atom. The number of rotatable bonds is 6. The lowest BCUT2D eigenvalue weighted by Crippen LogP contribution is -2.25. The zero-order chi connectivity index (χ0) is 10.5. The predicted molar refractivity (Wildman–Crippen MR) is 51.4 cm³/mol. The van der Waals surface area contributed by atoms with E-state index in [0.29, 0.717) is 6.61 Å². The largest absolute Gasteiger partial charge is 0.396 e. The lowest BCUT2D eigenvalue weighted by molar-refractivity contribution is 0.0346. The lowest BCUT2D eigenvalue weighted by Gasteiger charge is -2.20.